The van der Waals surface area contributed by atoms with Gasteiger partial charge in [-0.3, -0.25) is 4.99 Å². The van der Waals surface area contributed by atoms with Crippen molar-refractivity contribution in [3.05, 3.63) is 59.2 Å². The average Bonchev–Trinajstić information content (AvgIpc) is 2.46. The summed E-state index contributed by atoms with van der Waals surface area (Å²) >= 11 is 0. The van der Waals surface area contributed by atoms with Crippen LogP contribution in [0.25, 0.3) is 0 Å². The third-order valence-electron chi connectivity index (χ3n) is 3.21. The minimum absolute atomic E-state index is 0.0375. The maximum absolute atomic E-state index is 9.72. The summed E-state index contributed by atoms with van der Waals surface area (Å²) in [5.41, 5.74) is 2.93. The second-order valence-corrected chi connectivity index (χ2v) is 4.76. The van der Waals surface area contributed by atoms with Crippen molar-refractivity contribution in [1.29, 1.82) is 0 Å². The van der Waals surface area contributed by atoms with E-state index >= 15 is 0 Å². The Balaban J connectivity index is 2.26. The molecule has 0 radical (unpaired) electrons. The molecule has 0 aliphatic rings. The van der Waals surface area contributed by atoms with Gasteiger partial charge in [-0.05, 0) is 32.0 Å². The van der Waals surface area contributed by atoms with Gasteiger partial charge in [-0.25, -0.2) is 0 Å². The van der Waals surface area contributed by atoms with Crippen molar-refractivity contribution < 1.29 is 9.84 Å². The molecule has 0 saturated carbocycles. The highest BCUT2D eigenvalue weighted by Crippen LogP contribution is 2.28. The highest BCUT2D eigenvalue weighted by Gasteiger charge is 2.10. The van der Waals surface area contributed by atoms with Gasteiger partial charge in [0, 0.05) is 17.3 Å². The number of phenols is 1. The minimum atomic E-state index is -0.0375. The topological polar surface area (TPSA) is 41.8 Å². The summed E-state index contributed by atoms with van der Waals surface area (Å²) in [7, 11) is 1.66. The normalized spacial score (nSPS) is 12.6. The van der Waals surface area contributed by atoms with Gasteiger partial charge >= 0.3 is 0 Å². The predicted octanol–water partition coefficient (Wildman–Crippen LogP) is 3.89. The van der Waals surface area contributed by atoms with Crippen LogP contribution in [0.1, 0.15) is 29.7 Å². The molecule has 0 heterocycles. The second-order valence-electron chi connectivity index (χ2n) is 4.76. The largest absolute Gasteiger partial charge is 0.507 e. The van der Waals surface area contributed by atoms with Crippen molar-refractivity contribution in [2.24, 2.45) is 4.99 Å². The molecule has 104 valence electrons. The number of methoxy groups -OCH3 is 1. The molecule has 0 amide bonds. The molecule has 2 rings (SSSR count). The van der Waals surface area contributed by atoms with E-state index in [-0.39, 0.29) is 11.8 Å². The van der Waals surface area contributed by atoms with E-state index in [4.69, 9.17) is 4.74 Å². The standard InChI is InChI=1S/C17H19NO2/c1-12-8-9-17(20-3)15(10-12)13(2)18-11-14-6-4-5-7-16(14)19/h4-11,13,19H,1-3H3/t13-/m0/s1. The number of para-hydroxylation sites is 1. The lowest BCUT2D eigenvalue weighted by molar-refractivity contribution is 0.407. The molecule has 2 aromatic rings. The number of aryl methyl sites for hydroxylation is 1. The number of benzene rings is 2. The number of rotatable bonds is 4. The number of aliphatic imine (C=N–C) groups is 1. The van der Waals surface area contributed by atoms with E-state index in [0.29, 0.717) is 5.56 Å². The van der Waals surface area contributed by atoms with Crippen LogP contribution in [0.5, 0.6) is 11.5 Å². The second kappa shape index (κ2) is 6.24. The van der Waals surface area contributed by atoms with E-state index < -0.39 is 0 Å². The van der Waals surface area contributed by atoms with Crippen molar-refractivity contribution in [2.75, 3.05) is 7.11 Å². The third kappa shape index (κ3) is 3.18. The van der Waals surface area contributed by atoms with Gasteiger partial charge in [0.1, 0.15) is 11.5 Å². The van der Waals surface area contributed by atoms with Crippen molar-refractivity contribution in [2.45, 2.75) is 19.9 Å². The summed E-state index contributed by atoms with van der Waals surface area (Å²) in [4.78, 5) is 4.51. The highest BCUT2D eigenvalue weighted by molar-refractivity contribution is 5.83. The molecule has 3 nitrogen and oxygen atoms in total. The van der Waals surface area contributed by atoms with Crippen molar-refractivity contribution >= 4 is 6.21 Å². The summed E-state index contributed by atoms with van der Waals surface area (Å²) in [6.07, 6.45) is 1.70. The molecule has 0 fully saturated rings. The van der Waals surface area contributed by atoms with Crippen molar-refractivity contribution in [3.63, 3.8) is 0 Å². The van der Waals surface area contributed by atoms with E-state index in [1.54, 1.807) is 25.5 Å². The number of ether oxygens (including phenoxy) is 1. The summed E-state index contributed by atoms with van der Waals surface area (Å²) in [6.45, 7) is 4.05. The molecule has 2 aromatic carbocycles. The predicted molar refractivity (Wildman–Crippen MR) is 81.8 cm³/mol. The van der Waals surface area contributed by atoms with E-state index in [9.17, 15) is 5.11 Å². The zero-order valence-corrected chi connectivity index (χ0v) is 12.0. The van der Waals surface area contributed by atoms with E-state index in [2.05, 4.69) is 11.1 Å². The fourth-order valence-electron chi connectivity index (χ4n) is 2.05. The van der Waals surface area contributed by atoms with Crippen LogP contribution < -0.4 is 4.74 Å². The molecule has 0 spiro atoms. The molecular formula is C17H19NO2. The molecule has 1 atom stereocenters. The molecule has 0 unspecified atom stereocenters. The Labute approximate surface area is 119 Å². The van der Waals surface area contributed by atoms with Gasteiger partial charge < -0.3 is 9.84 Å². The first-order valence-electron chi connectivity index (χ1n) is 6.57. The molecule has 1 N–H and O–H groups in total. The first-order valence-corrected chi connectivity index (χ1v) is 6.57. The van der Waals surface area contributed by atoms with Gasteiger partial charge in [-0.1, -0.05) is 29.8 Å². The molecule has 0 saturated heterocycles. The molecule has 0 aliphatic heterocycles. The minimum Gasteiger partial charge on any atom is -0.507 e. The lowest BCUT2D eigenvalue weighted by atomic mass is 10.0. The first-order chi connectivity index (χ1) is 9.61. The van der Waals surface area contributed by atoms with Gasteiger partial charge in [0.15, 0.2) is 0 Å². The fourth-order valence-corrected chi connectivity index (χ4v) is 2.05. The molecule has 0 aromatic heterocycles. The van der Waals surface area contributed by atoms with Crippen LogP contribution in [-0.4, -0.2) is 18.4 Å². The van der Waals surface area contributed by atoms with Gasteiger partial charge in [-0.15, -0.1) is 0 Å². The summed E-state index contributed by atoms with van der Waals surface area (Å²) < 4.78 is 5.37. The Bertz CT molecular complexity index is 620. The van der Waals surface area contributed by atoms with Crippen molar-refractivity contribution in [1.82, 2.24) is 0 Å². The maximum atomic E-state index is 9.72. The SMILES string of the molecule is COc1ccc(C)cc1[C@H](C)N=Cc1ccccc1O. The van der Waals surface area contributed by atoms with Crippen LogP contribution in [-0.2, 0) is 0 Å². The Kier molecular flexibility index (Phi) is 4.41. The zero-order valence-electron chi connectivity index (χ0n) is 12.0. The van der Waals surface area contributed by atoms with Gasteiger partial charge in [0.05, 0.1) is 13.2 Å². The maximum Gasteiger partial charge on any atom is 0.124 e. The Morgan fingerprint density at radius 1 is 1.20 bits per heavy atom. The van der Waals surface area contributed by atoms with Gasteiger partial charge in [0.2, 0.25) is 0 Å². The van der Waals surface area contributed by atoms with Gasteiger partial charge in [-0.2, -0.15) is 0 Å². The molecule has 3 heteroatoms. The summed E-state index contributed by atoms with van der Waals surface area (Å²) in [5, 5.41) is 9.72. The molecule has 0 aliphatic carbocycles. The van der Waals surface area contributed by atoms with Crippen LogP contribution in [0, 0.1) is 6.92 Å². The van der Waals surface area contributed by atoms with Crippen LogP contribution in [0.3, 0.4) is 0 Å². The number of phenolic OH excluding ortho intramolecular Hbond substituents is 1. The Morgan fingerprint density at radius 2 is 1.95 bits per heavy atom. The summed E-state index contributed by atoms with van der Waals surface area (Å²) in [5.74, 6) is 1.07. The number of aromatic hydroxyl groups is 1. The lowest BCUT2D eigenvalue weighted by Crippen LogP contribution is -1.97. The van der Waals surface area contributed by atoms with Crippen LogP contribution in [0.2, 0.25) is 0 Å². The molecular weight excluding hydrogens is 250 g/mol. The first kappa shape index (κ1) is 14.1. The van der Waals surface area contributed by atoms with E-state index in [0.717, 1.165) is 11.3 Å². The van der Waals surface area contributed by atoms with Crippen molar-refractivity contribution in [3.8, 4) is 11.5 Å². The zero-order chi connectivity index (χ0) is 14.5. The number of hydrogen-bond acceptors (Lipinski definition) is 3. The van der Waals surface area contributed by atoms with E-state index in [1.807, 2.05) is 38.1 Å². The van der Waals surface area contributed by atoms with Crippen LogP contribution >= 0.6 is 0 Å². The molecule has 20 heavy (non-hydrogen) atoms. The lowest BCUT2D eigenvalue weighted by Gasteiger charge is -2.13. The quantitative estimate of drug-likeness (QED) is 0.856. The molecule has 0 bridgehead atoms. The highest BCUT2D eigenvalue weighted by atomic mass is 16.5. The average molecular weight is 269 g/mol. The van der Waals surface area contributed by atoms with E-state index in [1.165, 1.54) is 5.56 Å². The Morgan fingerprint density at radius 3 is 2.65 bits per heavy atom. The number of hydrogen-bond donors (Lipinski definition) is 1. The number of nitrogens with zero attached hydrogens (tertiary/aromatic N) is 1. The van der Waals surface area contributed by atoms with Crippen LogP contribution in [0.4, 0.5) is 0 Å². The fraction of sp³-hybridized carbons (Fsp3) is 0.235. The monoisotopic (exact) mass is 269 g/mol. The van der Waals surface area contributed by atoms with Crippen LogP contribution in [0.15, 0.2) is 47.5 Å². The Hall–Kier alpha value is -2.29. The smallest absolute Gasteiger partial charge is 0.124 e. The summed E-state index contributed by atoms with van der Waals surface area (Å²) in [6, 6.07) is 13.2. The third-order valence-corrected chi connectivity index (χ3v) is 3.21. The van der Waals surface area contributed by atoms with Gasteiger partial charge in [0.25, 0.3) is 0 Å².